The highest BCUT2D eigenvalue weighted by molar-refractivity contribution is 5.97. The van der Waals surface area contributed by atoms with Gasteiger partial charge in [0.2, 0.25) is 5.91 Å². The first-order valence-electron chi connectivity index (χ1n) is 7.59. The Bertz CT molecular complexity index is 741. The number of amides is 2. The number of aromatic nitrogens is 2. The average Bonchev–Trinajstić information content (AvgIpc) is 3.38. The molecule has 1 aliphatic rings. The summed E-state index contributed by atoms with van der Waals surface area (Å²) in [6.45, 7) is 2.26. The number of carbonyl (C=O) groups is 2. The number of hydrogen-bond acceptors (Lipinski definition) is 4. The molecule has 1 fully saturated rings. The first kappa shape index (κ1) is 15.1. The smallest absolute Gasteiger partial charge is 0.251 e. The van der Waals surface area contributed by atoms with E-state index in [9.17, 15) is 9.59 Å². The molecule has 6 heteroatoms. The zero-order valence-corrected chi connectivity index (χ0v) is 12.9. The molecule has 23 heavy (non-hydrogen) atoms. The van der Waals surface area contributed by atoms with Gasteiger partial charge in [-0.15, -0.1) is 0 Å². The molecule has 118 valence electrons. The maximum absolute atomic E-state index is 12.2. The van der Waals surface area contributed by atoms with Crippen LogP contribution in [0.4, 0.5) is 5.82 Å². The molecule has 2 N–H and O–H groups in total. The van der Waals surface area contributed by atoms with Crippen LogP contribution in [0.3, 0.4) is 0 Å². The van der Waals surface area contributed by atoms with E-state index >= 15 is 0 Å². The Morgan fingerprint density at radius 2 is 2.09 bits per heavy atom. The highest BCUT2D eigenvalue weighted by atomic mass is 16.2. The molecule has 0 unspecified atom stereocenters. The zero-order valence-electron chi connectivity index (χ0n) is 12.9. The number of nitrogens with one attached hydrogen (secondary N) is 2. The predicted octanol–water partition coefficient (Wildman–Crippen LogP) is 2.06. The first-order chi connectivity index (χ1) is 11.1. The molecule has 3 rings (SSSR count). The van der Waals surface area contributed by atoms with Crippen molar-refractivity contribution in [3.8, 4) is 0 Å². The van der Waals surface area contributed by atoms with Crippen molar-refractivity contribution in [3.63, 3.8) is 0 Å². The number of carbonyl (C=O) groups excluding carboxylic acids is 2. The van der Waals surface area contributed by atoms with Gasteiger partial charge in [-0.1, -0.05) is 6.07 Å². The lowest BCUT2D eigenvalue weighted by Gasteiger charge is -2.07. The minimum atomic E-state index is -0.224. The van der Waals surface area contributed by atoms with Crippen LogP contribution >= 0.6 is 0 Å². The number of aryl methyl sites for hydroxylation is 1. The Kier molecular flexibility index (Phi) is 4.32. The summed E-state index contributed by atoms with van der Waals surface area (Å²) in [5.41, 5.74) is 2.17. The number of nitrogens with zero attached hydrogens (tertiary/aromatic N) is 2. The summed E-state index contributed by atoms with van der Waals surface area (Å²) < 4.78 is 0. The van der Waals surface area contributed by atoms with E-state index in [0.29, 0.717) is 17.9 Å². The molecule has 0 radical (unpaired) electrons. The molecule has 2 heterocycles. The van der Waals surface area contributed by atoms with Crippen molar-refractivity contribution >= 4 is 17.6 Å². The molecule has 0 spiro atoms. The number of anilines is 1. The van der Waals surface area contributed by atoms with Gasteiger partial charge in [-0.2, -0.15) is 0 Å². The molecule has 0 bridgehead atoms. The summed E-state index contributed by atoms with van der Waals surface area (Å²) >= 11 is 0. The minimum Gasteiger partial charge on any atom is -0.346 e. The predicted molar refractivity (Wildman–Crippen MR) is 85.7 cm³/mol. The number of rotatable bonds is 5. The molecule has 6 nitrogen and oxygen atoms in total. The van der Waals surface area contributed by atoms with Gasteiger partial charge in [-0.3, -0.25) is 14.6 Å². The maximum Gasteiger partial charge on any atom is 0.251 e. The van der Waals surface area contributed by atoms with Crippen LogP contribution < -0.4 is 10.6 Å². The van der Waals surface area contributed by atoms with Gasteiger partial charge in [-0.05, 0) is 44.0 Å². The second-order valence-corrected chi connectivity index (χ2v) is 5.65. The Morgan fingerprint density at radius 3 is 2.83 bits per heavy atom. The van der Waals surface area contributed by atoms with Crippen LogP contribution in [-0.2, 0) is 11.3 Å². The fourth-order valence-corrected chi connectivity index (χ4v) is 2.18. The summed E-state index contributed by atoms with van der Waals surface area (Å²) in [6.07, 6.45) is 3.37. The Hall–Kier alpha value is -2.76. The topological polar surface area (TPSA) is 84.0 Å². The van der Waals surface area contributed by atoms with E-state index in [1.165, 1.54) is 6.20 Å². The van der Waals surface area contributed by atoms with E-state index in [2.05, 4.69) is 20.6 Å². The van der Waals surface area contributed by atoms with Crippen LogP contribution in [0.2, 0.25) is 0 Å². The minimum absolute atomic E-state index is 0.0287. The quantitative estimate of drug-likeness (QED) is 0.885. The lowest BCUT2D eigenvalue weighted by atomic mass is 10.2. The van der Waals surface area contributed by atoms with Gasteiger partial charge < -0.3 is 10.6 Å². The summed E-state index contributed by atoms with van der Waals surface area (Å²) in [5, 5.41) is 5.55. The van der Waals surface area contributed by atoms with E-state index in [1.54, 1.807) is 12.1 Å². The van der Waals surface area contributed by atoms with Crippen molar-refractivity contribution in [2.24, 2.45) is 5.92 Å². The average molecular weight is 310 g/mol. The lowest BCUT2D eigenvalue weighted by molar-refractivity contribution is -0.117. The Morgan fingerprint density at radius 1 is 1.26 bits per heavy atom. The van der Waals surface area contributed by atoms with Gasteiger partial charge in [0.05, 0.1) is 12.2 Å². The van der Waals surface area contributed by atoms with Crippen LogP contribution in [0.5, 0.6) is 0 Å². The molecule has 0 aliphatic heterocycles. The molecule has 2 amide bonds. The highest BCUT2D eigenvalue weighted by Crippen LogP contribution is 2.29. The fourth-order valence-electron chi connectivity index (χ4n) is 2.18. The summed E-state index contributed by atoms with van der Waals surface area (Å²) in [5.74, 6) is 0.251. The van der Waals surface area contributed by atoms with Gasteiger partial charge in [0, 0.05) is 23.4 Å². The number of hydrogen-bond donors (Lipinski definition) is 2. The monoisotopic (exact) mass is 310 g/mol. The molecule has 0 saturated heterocycles. The van der Waals surface area contributed by atoms with E-state index < -0.39 is 0 Å². The summed E-state index contributed by atoms with van der Waals surface area (Å²) in [7, 11) is 0. The summed E-state index contributed by atoms with van der Waals surface area (Å²) in [6, 6.07) is 8.87. The highest BCUT2D eigenvalue weighted by Gasteiger charge is 2.29. The Labute approximate surface area is 134 Å². The molecule has 1 aliphatic carbocycles. The molecular weight excluding hydrogens is 292 g/mol. The van der Waals surface area contributed by atoms with Crippen molar-refractivity contribution in [2.75, 3.05) is 5.32 Å². The van der Waals surface area contributed by atoms with Crippen molar-refractivity contribution in [2.45, 2.75) is 26.3 Å². The second-order valence-electron chi connectivity index (χ2n) is 5.65. The van der Waals surface area contributed by atoms with Crippen molar-refractivity contribution < 1.29 is 9.59 Å². The third-order valence-electron chi connectivity index (χ3n) is 3.60. The third kappa shape index (κ3) is 4.12. The number of pyridine rings is 2. The van der Waals surface area contributed by atoms with Gasteiger partial charge >= 0.3 is 0 Å². The molecule has 2 aromatic rings. The molecular formula is C17H18N4O2. The standard InChI is InChI=1S/C17H18N4O2/c1-11-3-2-4-14(20-11)10-19-16(22)13-7-8-18-15(9-13)21-17(23)12-5-6-12/h2-4,7-9,12H,5-6,10H2,1H3,(H,19,22)(H,18,21,23). The summed E-state index contributed by atoms with van der Waals surface area (Å²) in [4.78, 5) is 32.4. The molecule has 0 atom stereocenters. The maximum atomic E-state index is 12.2. The zero-order chi connectivity index (χ0) is 16.2. The van der Waals surface area contributed by atoms with E-state index in [0.717, 1.165) is 24.2 Å². The molecule has 2 aromatic heterocycles. The van der Waals surface area contributed by atoms with Crippen molar-refractivity contribution in [3.05, 3.63) is 53.5 Å². The molecule has 0 aromatic carbocycles. The van der Waals surface area contributed by atoms with Crippen LogP contribution in [0.15, 0.2) is 36.5 Å². The Balaban J connectivity index is 1.61. The first-order valence-corrected chi connectivity index (χ1v) is 7.59. The van der Waals surface area contributed by atoms with Crippen LogP contribution in [0, 0.1) is 12.8 Å². The van der Waals surface area contributed by atoms with Gasteiger partial charge in [0.15, 0.2) is 0 Å². The van der Waals surface area contributed by atoms with Gasteiger partial charge in [0.25, 0.3) is 5.91 Å². The van der Waals surface area contributed by atoms with Crippen LogP contribution in [0.1, 0.15) is 34.6 Å². The van der Waals surface area contributed by atoms with Crippen LogP contribution in [0.25, 0.3) is 0 Å². The largest absolute Gasteiger partial charge is 0.346 e. The normalized spacial score (nSPS) is 13.4. The van der Waals surface area contributed by atoms with Crippen LogP contribution in [-0.4, -0.2) is 21.8 Å². The van der Waals surface area contributed by atoms with E-state index in [1.807, 2.05) is 25.1 Å². The lowest BCUT2D eigenvalue weighted by Crippen LogP contribution is -2.24. The van der Waals surface area contributed by atoms with E-state index in [4.69, 9.17) is 0 Å². The van der Waals surface area contributed by atoms with Crippen molar-refractivity contribution in [1.82, 2.24) is 15.3 Å². The van der Waals surface area contributed by atoms with Crippen molar-refractivity contribution in [1.29, 1.82) is 0 Å². The SMILES string of the molecule is Cc1cccc(CNC(=O)c2ccnc(NC(=O)C3CC3)c2)n1. The molecule has 1 saturated carbocycles. The van der Waals surface area contributed by atoms with Gasteiger partial charge in [0.1, 0.15) is 5.82 Å². The second kappa shape index (κ2) is 6.56. The van der Waals surface area contributed by atoms with Gasteiger partial charge in [-0.25, -0.2) is 4.98 Å². The van der Waals surface area contributed by atoms with E-state index in [-0.39, 0.29) is 17.7 Å². The fraction of sp³-hybridized carbons (Fsp3) is 0.294. The third-order valence-corrected chi connectivity index (χ3v) is 3.60.